The highest BCUT2D eigenvalue weighted by Crippen LogP contribution is 2.40. The van der Waals surface area contributed by atoms with Crippen molar-refractivity contribution < 1.29 is 0 Å². The Morgan fingerprint density at radius 3 is 2.57 bits per heavy atom. The van der Waals surface area contributed by atoms with Gasteiger partial charge in [0.2, 0.25) is 5.95 Å². The van der Waals surface area contributed by atoms with Crippen LogP contribution >= 0.6 is 11.6 Å². The Morgan fingerprint density at radius 1 is 1.07 bits per heavy atom. The summed E-state index contributed by atoms with van der Waals surface area (Å²) in [6, 6.07) is 8.96. The van der Waals surface area contributed by atoms with E-state index in [1.165, 1.54) is 22.2 Å². The van der Waals surface area contributed by atoms with Crippen LogP contribution < -0.4 is 36.0 Å². The molecule has 324 valence electrons. The van der Waals surface area contributed by atoms with Crippen LogP contribution in [0, 0.1) is 11.8 Å². The van der Waals surface area contributed by atoms with Gasteiger partial charge in [-0.1, -0.05) is 63.9 Å². The van der Waals surface area contributed by atoms with Gasteiger partial charge >= 0.3 is 0 Å². The number of piperidine rings is 2. The number of rotatable bonds is 17. The van der Waals surface area contributed by atoms with E-state index in [1.54, 1.807) is 6.20 Å². The maximum absolute atomic E-state index is 6.69. The van der Waals surface area contributed by atoms with Gasteiger partial charge in [-0.2, -0.15) is 10.1 Å². The number of anilines is 5. The van der Waals surface area contributed by atoms with Crippen molar-refractivity contribution in [1.82, 2.24) is 40.7 Å². The minimum absolute atomic E-state index is 0.170. The molecule has 61 heavy (non-hydrogen) atoms. The zero-order chi connectivity index (χ0) is 43.4. The topological polar surface area (TPSA) is 114 Å². The summed E-state index contributed by atoms with van der Waals surface area (Å²) in [6.45, 7) is 31.4. The number of nitrogens with one attached hydrogen (secondary N) is 4. The predicted octanol–water partition coefficient (Wildman–Crippen LogP) is 9.26. The summed E-state index contributed by atoms with van der Waals surface area (Å²) in [4.78, 5) is 21.5. The second-order valence-corrected chi connectivity index (χ2v) is 18.0. The van der Waals surface area contributed by atoms with Crippen molar-refractivity contribution >= 4 is 57.5 Å². The molecule has 2 saturated heterocycles. The Balaban J connectivity index is 0.951. The molecule has 3 aliphatic rings. The summed E-state index contributed by atoms with van der Waals surface area (Å²) in [7, 11) is 3.98. The van der Waals surface area contributed by atoms with E-state index in [0.717, 1.165) is 123 Å². The van der Waals surface area contributed by atoms with Gasteiger partial charge in [0.1, 0.15) is 10.8 Å². The molecule has 3 aliphatic heterocycles. The Morgan fingerprint density at radius 2 is 1.85 bits per heavy atom. The molecule has 6 heterocycles. The molecule has 12 nitrogen and oxygen atoms in total. The molecule has 0 spiro atoms. The van der Waals surface area contributed by atoms with Crippen LogP contribution in [0.2, 0.25) is 5.02 Å². The molecule has 0 saturated carbocycles. The highest BCUT2D eigenvalue weighted by molar-refractivity contribution is 6.32. The molecular weight excluding hydrogens is 780 g/mol. The zero-order valence-electron chi connectivity index (χ0n) is 37.1. The lowest BCUT2D eigenvalue weighted by atomic mass is 9.90. The van der Waals surface area contributed by atoms with Crippen LogP contribution in [0.4, 0.5) is 29.0 Å². The number of allylic oxidation sites excluding steroid dienone is 4. The third-order valence-corrected chi connectivity index (χ3v) is 12.5. The quantitative estimate of drug-likeness (QED) is 0.0763. The SMILES string of the molecule is C=C(CCC1=Cc2cc(Nc3nc(N4CCC(CNCCN(CC(C)C)c5cccc6c(C7CCC(=C)NC7=C)nn(C)c56)CC4)ncc3Cl)cnc2N(C(C)C)C1=C)NC. The van der Waals surface area contributed by atoms with Gasteiger partial charge < -0.3 is 36.0 Å². The molecule has 1 unspecified atom stereocenters. The number of nitrogens with zero attached hydrogens (tertiary/aromatic N) is 8. The second kappa shape index (κ2) is 19.2. The fraction of sp³-hybridized carbons (Fsp3) is 0.458. The standard InChI is InChI=1S/C48H65ClN12/c1-30(2)29-60(43-13-11-12-41-44(57-58(10)45(41)43)40-17-15-33(6)54-34(40)7)23-20-51-26-36-18-21-59(22-19-36)48-53-28-42(49)46(56-48)55-39-25-38-24-37(16-14-32(5)50-9)35(8)61(31(3)4)47(38)52-27-39/h11-13,24-25,27-28,30-31,36,40,50-51,54H,5-8,14-23,26,29H2,1-4,9-10H3,(H,53,55,56). The second-order valence-electron chi connectivity index (χ2n) is 17.6. The maximum atomic E-state index is 6.69. The fourth-order valence-corrected chi connectivity index (χ4v) is 9.10. The van der Waals surface area contributed by atoms with Crippen molar-refractivity contribution in [1.29, 1.82) is 0 Å². The molecule has 3 aromatic heterocycles. The number of para-hydroxylation sites is 1. The number of benzene rings is 1. The van der Waals surface area contributed by atoms with E-state index in [2.05, 4.69) is 137 Å². The van der Waals surface area contributed by atoms with Crippen molar-refractivity contribution in [2.24, 2.45) is 18.9 Å². The predicted molar refractivity (Wildman–Crippen MR) is 256 cm³/mol. The van der Waals surface area contributed by atoms with Gasteiger partial charge in [0.05, 0.1) is 35.0 Å². The van der Waals surface area contributed by atoms with Gasteiger partial charge in [-0.25, -0.2) is 9.97 Å². The third kappa shape index (κ3) is 9.92. The van der Waals surface area contributed by atoms with Gasteiger partial charge in [0.25, 0.3) is 0 Å². The Hall–Kier alpha value is -5.33. The van der Waals surface area contributed by atoms with Crippen LogP contribution in [0.1, 0.15) is 83.4 Å². The van der Waals surface area contributed by atoms with E-state index in [9.17, 15) is 0 Å². The molecule has 7 rings (SSSR count). The van der Waals surface area contributed by atoms with Crippen LogP contribution in [-0.2, 0) is 7.05 Å². The summed E-state index contributed by atoms with van der Waals surface area (Å²) < 4.78 is 2.07. The molecule has 0 radical (unpaired) electrons. The van der Waals surface area contributed by atoms with E-state index in [-0.39, 0.29) is 12.0 Å². The smallest absolute Gasteiger partial charge is 0.227 e. The fourth-order valence-electron chi connectivity index (χ4n) is 8.96. The number of hydrogen-bond donors (Lipinski definition) is 4. The first kappa shape index (κ1) is 43.7. The number of halogens is 1. The molecule has 0 amide bonds. The average Bonchev–Trinajstić information content (AvgIpc) is 3.57. The van der Waals surface area contributed by atoms with Crippen molar-refractivity contribution in [2.75, 3.05) is 66.3 Å². The Bertz CT molecular complexity index is 2300. The van der Waals surface area contributed by atoms with Crippen LogP contribution in [0.5, 0.6) is 0 Å². The van der Waals surface area contributed by atoms with E-state index in [4.69, 9.17) is 26.7 Å². The summed E-state index contributed by atoms with van der Waals surface area (Å²) in [5, 5.41) is 20.5. The Labute approximate surface area is 367 Å². The summed E-state index contributed by atoms with van der Waals surface area (Å²) in [6.07, 6.45) is 11.4. The molecule has 0 aliphatic carbocycles. The van der Waals surface area contributed by atoms with Crippen LogP contribution in [-0.4, -0.2) is 77.1 Å². The molecule has 4 N–H and O–H groups in total. The minimum atomic E-state index is 0.170. The van der Waals surface area contributed by atoms with Gasteiger partial charge in [-0.05, 0) is 94.5 Å². The van der Waals surface area contributed by atoms with Crippen LogP contribution in [0.25, 0.3) is 17.0 Å². The Kier molecular flexibility index (Phi) is 13.7. The number of aryl methyl sites for hydroxylation is 1. The van der Waals surface area contributed by atoms with Crippen molar-refractivity contribution in [3.8, 4) is 0 Å². The molecule has 2 fully saturated rings. The van der Waals surface area contributed by atoms with E-state index in [0.29, 0.717) is 28.6 Å². The lowest BCUT2D eigenvalue weighted by Gasteiger charge is -2.35. The average molecular weight is 846 g/mol. The van der Waals surface area contributed by atoms with E-state index in [1.807, 2.05) is 13.2 Å². The zero-order valence-corrected chi connectivity index (χ0v) is 37.9. The van der Waals surface area contributed by atoms with Crippen molar-refractivity contribution in [3.05, 3.63) is 108 Å². The first-order valence-electron chi connectivity index (χ1n) is 21.9. The highest BCUT2D eigenvalue weighted by atomic mass is 35.5. The highest BCUT2D eigenvalue weighted by Gasteiger charge is 2.29. The molecule has 0 bridgehead atoms. The van der Waals surface area contributed by atoms with E-state index >= 15 is 0 Å². The summed E-state index contributed by atoms with van der Waals surface area (Å²) >= 11 is 6.69. The maximum Gasteiger partial charge on any atom is 0.227 e. The third-order valence-electron chi connectivity index (χ3n) is 12.2. The van der Waals surface area contributed by atoms with Gasteiger partial charge in [-0.3, -0.25) is 4.68 Å². The van der Waals surface area contributed by atoms with Crippen LogP contribution in [0.3, 0.4) is 0 Å². The van der Waals surface area contributed by atoms with Crippen molar-refractivity contribution in [2.45, 2.75) is 78.2 Å². The number of hydrogen-bond acceptors (Lipinski definition) is 11. The molecule has 1 atom stereocenters. The van der Waals surface area contributed by atoms with Gasteiger partial charge in [0.15, 0.2) is 5.82 Å². The first-order chi connectivity index (χ1) is 29.3. The number of pyridine rings is 1. The van der Waals surface area contributed by atoms with Crippen molar-refractivity contribution in [3.63, 3.8) is 0 Å². The van der Waals surface area contributed by atoms with Gasteiger partial charge in [0, 0.05) is 92.5 Å². The first-order valence-corrected chi connectivity index (χ1v) is 22.3. The lowest BCUT2D eigenvalue weighted by molar-refractivity contribution is 0.381. The number of aromatic nitrogens is 5. The van der Waals surface area contributed by atoms with Crippen LogP contribution in [0.15, 0.2) is 91.3 Å². The summed E-state index contributed by atoms with van der Waals surface area (Å²) in [5.41, 5.74) is 10.5. The normalized spacial score (nSPS) is 17.2. The molecule has 4 aromatic rings. The summed E-state index contributed by atoms with van der Waals surface area (Å²) in [5.74, 6) is 3.41. The largest absolute Gasteiger partial charge is 0.392 e. The van der Waals surface area contributed by atoms with E-state index < -0.39 is 0 Å². The number of fused-ring (bicyclic) bond motifs is 2. The van der Waals surface area contributed by atoms with Gasteiger partial charge in [-0.15, -0.1) is 0 Å². The lowest BCUT2D eigenvalue weighted by Crippen LogP contribution is -2.40. The molecular formula is C48H65ClN12. The molecule has 1 aromatic carbocycles. The monoisotopic (exact) mass is 845 g/mol. The molecule has 13 heteroatoms. The minimum Gasteiger partial charge on any atom is -0.392 e.